The van der Waals surface area contributed by atoms with Crippen LogP contribution in [0.5, 0.6) is 0 Å². The second-order valence-corrected chi connectivity index (χ2v) is 4.10. The lowest BCUT2D eigenvalue weighted by Gasteiger charge is -2.43. The van der Waals surface area contributed by atoms with E-state index in [1.54, 1.807) is 14.2 Å². The van der Waals surface area contributed by atoms with Crippen LogP contribution in [0.4, 0.5) is 0 Å². The van der Waals surface area contributed by atoms with Crippen molar-refractivity contribution in [1.82, 2.24) is 5.32 Å². The lowest BCUT2D eigenvalue weighted by molar-refractivity contribution is -0.131. The van der Waals surface area contributed by atoms with Gasteiger partial charge in [0.15, 0.2) is 0 Å². The SMILES string of the molecule is CCOC1CC(NCCOCCOC)C1OC. The highest BCUT2D eigenvalue weighted by molar-refractivity contribution is 4.96. The quantitative estimate of drug-likeness (QED) is 0.567. The molecular weight excluding hydrogens is 222 g/mol. The topological polar surface area (TPSA) is 49.0 Å². The Kier molecular flexibility index (Phi) is 7.72. The van der Waals surface area contributed by atoms with Gasteiger partial charge in [0.2, 0.25) is 0 Å². The van der Waals surface area contributed by atoms with Gasteiger partial charge in [-0.1, -0.05) is 0 Å². The van der Waals surface area contributed by atoms with Crippen molar-refractivity contribution in [2.45, 2.75) is 31.6 Å². The fourth-order valence-corrected chi connectivity index (χ4v) is 2.04. The molecule has 0 aromatic carbocycles. The van der Waals surface area contributed by atoms with Crippen molar-refractivity contribution >= 4 is 0 Å². The largest absolute Gasteiger partial charge is 0.382 e. The van der Waals surface area contributed by atoms with Crippen LogP contribution in [0, 0.1) is 0 Å². The van der Waals surface area contributed by atoms with Crippen molar-refractivity contribution in [3.8, 4) is 0 Å². The van der Waals surface area contributed by atoms with Crippen molar-refractivity contribution in [2.24, 2.45) is 0 Å². The van der Waals surface area contributed by atoms with Crippen LogP contribution < -0.4 is 5.32 Å². The van der Waals surface area contributed by atoms with Gasteiger partial charge in [-0.05, 0) is 13.3 Å². The molecule has 102 valence electrons. The van der Waals surface area contributed by atoms with Crippen molar-refractivity contribution in [2.75, 3.05) is 47.2 Å². The van der Waals surface area contributed by atoms with Crippen LogP contribution in [0.3, 0.4) is 0 Å². The third kappa shape index (κ3) is 4.89. The monoisotopic (exact) mass is 247 g/mol. The van der Waals surface area contributed by atoms with Gasteiger partial charge in [-0.2, -0.15) is 0 Å². The molecule has 1 N–H and O–H groups in total. The fraction of sp³-hybridized carbons (Fsp3) is 1.00. The summed E-state index contributed by atoms with van der Waals surface area (Å²) >= 11 is 0. The molecule has 5 nitrogen and oxygen atoms in total. The van der Waals surface area contributed by atoms with Gasteiger partial charge in [0, 0.05) is 33.4 Å². The molecule has 0 saturated heterocycles. The highest BCUT2D eigenvalue weighted by Crippen LogP contribution is 2.26. The zero-order valence-electron chi connectivity index (χ0n) is 11.1. The van der Waals surface area contributed by atoms with Gasteiger partial charge < -0.3 is 24.3 Å². The van der Waals surface area contributed by atoms with Crippen LogP contribution >= 0.6 is 0 Å². The van der Waals surface area contributed by atoms with Gasteiger partial charge in [0.05, 0.1) is 32.0 Å². The van der Waals surface area contributed by atoms with Gasteiger partial charge in [-0.3, -0.25) is 0 Å². The second kappa shape index (κ2) is 8.83. The Labute approximate surface area is 104 Å². The number of nitrogens with one attached hydrogen (secondary N) is 1. The van der Waals surface area contributed by atoms with E-state index in [0.717, 1.165) is 19.6 Å². The van der Waals surface area contributed by atoms with E-state index in [1.807, 2.05) is 6.92 Å². The Balaban J connectivity index is 2.00. The van der Waals surface area contributed by atoms with E-state index >= 15 is 0 Å². The first kappa shape index (κ1) is 14.9. The summed E-state index contributed by atoms with van der Waals surface area (Å²) in [5.41, 5.74) is 0. The fourth-order valence-electron chi connectivity index (χ4n) is 2.04. The smallest absolute Gasteiger partial charge is 0.0986 e. The zero-order chi connectivity index (χ0) is 12.5. The molecule has 0 bridgehead atoms. The van der Waals surface area contributed by atoms with Crippen molar-refractivity contribution in [3.05, 3.63) is 0 Å². The molecule has 3 unspecified atom stereocenters. The van der Waals surface area contributed by atoms with E-state index in [1.165, 1.54) is 0 Å². The molecule has 1 fully saturated rings. The molecule has 0 aliphatic heterocycles. The maximum absolute atomic E-state index is 5.56. The second-order valence-electron chi connectivity index (χ2n) is 4.10. The Morgan fingerprint density at radius 2 is 2.00 bits per heavy atom. The lowest BCUT2D eigenvalue weighted by atomic mass is 9.85. The number of ether oxygens (including phenoxy) is 4. The Hall–Kier alpha value is -0.200. The molecule has 0 radical (unpaired) electrons. The van der Waals surface area contributed by atoms with Crippen LogP contribution in [-0.2, 0) is 18.9 Å². The average molecular weight is 247 g/mol. The standard InChI is InChI=1S/C12H25NO4/c1-4-17-11-9-10(12(11)15-3)13-5-6-16-8-7-14-2/h10-13H,4-9H2,1-3H3. The first-order valence-corrected chi connectivity index (χ1v) is 6.28. The van der Waals surface area contributed by atoms with Crippen LogP contribution in [-0.4, -0.2) is 65.4 Å². The number of hydrogen-bond acceptors (Lipinski definition) is 5. The summed E-state index contributed by atoms with van der Waals surface area (Å²) in [5.74, 6) is 0. The molecule has 17 heavy (non-hydrogen) atoms. The molecule has 0 aromatic heterocycles. The first-order chi connectivity index (χ1) is 8.33. The molecular formula is C12H25NO4. The van der Waals surface area contributed by atoms with Gasteiger partial charge in [0.1, 0.15) is 0 Å². The molecule has 1 aliphatic rings. The summed E-state index contributed by atoms with van der Waals surface area (Å²) in [5, 5.41) is 3.41. The summed E-state index contributed by atoms with van der Waals surface area (Å²) in [7, 11) is 3.41. The molecule has 0 heterocycles. The van der Waals surface area contributed by atoms with Crippen molar-refractivity contribution in [3.63, 3.8) is 0 Å². The van der Waals surface area contributed by atoms with Crippen molar-refractivity contribution in [1.29, 1.82) is 0 Å². The molecule has 0 amide bonds. The van der Waals surface area contributed by atoms with Gasteiger partial charge >= 0.3 is 0 Å². The number of rotatable bonds is 10. The Bertz CT molecular complexity index is 191. The van der Waals surface area contributed by atoms with Gasteiger partial charge in [-0.15, -0.1) is 0 Å². The van der Waals surface area contributed by atoms with E-state index in [-0.39, 0.29) is 12.2 Å². The third-order valence-electron chi connectivity index (χ3n) is 2.99. The molecule has 3 atom stereocenters. The minimum Gasteiger partial charge on any atom is -0.382 e. The highest BCUT2D eigenvalue weighted by atomic mass is 16.5. The summed E-state index contributed by atoms with van der Waals surface area (Å²) in [6, 6.07) is 0.391. The predicted molar refractivity (Wildman–Crippen MR) is 65.3 cm³/mol. The van der Waals surface area contributed by atoms with Crippen LogP contribution in [0.15, 0.2) is 0 Å². The summed E-state index contributed by atoms with van der Waals surface area (Å²) in [4.78, 5) is 0. The minimum absolute atomic E-state index is 0.175. The molecule has 1 rings (SSSR count). The molecule has 5 heteroatoms. The Morgan fingerprint density at radius 1 is 1.18 bits per heavy atom. The number of hydrogen-bond donors (Lipinski definition) is 1. The minimum atomic E-state index is 0.175. The zero-order valence-corrected chi connectivity index (χ0v) is 11.1. The lowest BCUT2D eigenvalue weighted by Crippen LogP contribution is -2.60. The van der Waals surface area contributed by atoms with E-state index < -0.39 is 0 Å². The van der Waals surface area contributed by atoms with Crippen LogP contribution in [0.1, 0.15) is 13.3 Å². The maximum atomic E-state index is 5.56. The van der Waals surface area contributed by atoms with E-state index in [4.69, 9.17) is 18.9 Å². The van der Waals surface area contributed by atoms with E-state index in [9.17, 15) is 0 Å². The maximum Gasteiger partial charge on any atom is 0.0986 e. The first-order valence-electron chi connectivity index (χ1n) is 6.28. The highest BCUT2D eigenvalue weighted by Gasteiger charge is 2.41. The summed E-state index contributed by atoms with van der Waals surface area (Å²) in [6.07, 6.45) is 1.44. The molecule has 0 aromatic rings. The van der Waals surface area contributed by atoms with Gasteiger partial charge in [0.25, 0.3) is 0 Å². The summed E-state index contributed by atoms with van der Waals surface area (Å²) < 4.78 is 21.2. The van der Waals surface area contributed by atoms with Crippen molar-refractivity contribution < 1.29 is 18.9 Å². The van der Waals surface area contributed by atoms with E-state index in [0.29, 0.717) is 25.9 Å². The average Bonchev–Trinajstić information content (AvgIpc) is 2.31. The van der Waals surface area contributed by atoms with Crippen LogP contribution in [0.25, 0.3) is 0 Å². The third-order valence-corrected chi connectivity index (χ3v) is 2.99. The van der Waals surface area contributed by atoms with Gasteiger partial charge in [-0.25, -0.2) is 0 Å². The van der Waals surface area contributed by atoms with E-state index in [2.05, 4.69) is 5.32 Å². The predicted octanol–water partition coefficient (Wildman–Crippen LogP) is 0.431. The summed E-state index contributed by atoms with van der Waals surface area (Å²) in [6.45, 7) is 5.60. The number of methoxy groups -OCH3 is 2. The molecule has 1 saturated carbocycles. The Morgan fingerprint density at radius 3 is 2.65 bits per heavy atom. The molecule has 1 aliphatic carbocycles. The van der Waals surface area contributed by atoms with Crippen LogP contribution in [0.2, 0.25) is 0 Å². The normalized spacial score (nSPS) is 28.1. The molecule has 0 spiro atoms.